The van der Waals surface area contributed by atoms with Gasteiger partial charge in [0.15, 0.2) is 5.82 Å². The third kappa shape index (κ3) is 4.04. The highest BCUT2D eigenvalue weighted by Crippen LogP contribution is 2.16. The predicted octanol–water partition coefficient (Wildman–Crippen LogP) is 1.75. The van der Waals surface area contributed by atoms with Crippen molar-refractivity contribution < 1.29 is 4.52 Å². The minimum absolute atomic E-state index is 0.625. The van der Waals surface area contributed by atoms with Crippen LogP contribution in [0.4, 0.5) is 5.82 Å². The highest BCUT2D eigenvalue weighted by Gasteiger charge is 2.18. The van der Waals surface area contributed by atoms with Crippen molar-refractivity contribution in [3.63, 3.8) is 0 Å². The van der Waals surface area contributed by atoms with Crippen LogP contribution in [0.25, 0.3) is 0 Å². The van der Waals surface area contributed by atoms with Crippen molar-refractivity contribution in [3.05, 3.63) is 29.3 Å². The Morgan fingerprint density at radius 2 is 1.96 bits per heavy atom. The molecule has 1 aliphatic rings. The maximum atomic E-state index is 5.05. The summed E-state index contributed by atoms with van der Waals surface area (Å²) in [7, 11) is 0. The van der Waals surface area contributed by atoms with Gasteiger partial charge in [0.05, 0.1) is 6.54 Å². The van der Waals surface area contributed by atoms with Gasteiger partial charge in [-0.2, -0.15) is 4.98 Å². The van der Waals surface area contributed by atoms with Gasteiger partial charge in [-0.1, -0.05) is 12.1 Å². The Morgan fingerprint density at radius 1 is 1.09 bits per heavy atom. The van der Waals surface area contributed by atoms with E-state index in [0.717, 1.165) is 68.7 Å². The third-order valence-corrected chi connectivity index (χ3v) is 4.09. The Labute approximate surface area is 136 Å². The molecule has 3 heterocycles. The van der Waals surface area contributed by atoms with E-state index in [4.69, 9.17) is 4.52 Å². The number of aryl methyl sites for hydroxylation is 3. The van der Waals surface area contributed by atoms with Gasteiger partial charge in [0.25, 0.3) is 0 Å². The standard InChI is InChI=1S/C16H24N6O/c1-4-14-10-16(18-12(2)17-14)22-7-5-6-21(8-9-22)11-15-19-13(3)23-20-15/h10H,4-9,11H2,1-3H3. The van der Waals surface area contributed by atoms with Crippen LogP contribution in [0.2, 0.25) is 0 Å². The summed E-state index contributed by atoms with van der Waals surface area (Å²) in [5, 5.41) is 3.99. The second-order valence-corrected chi connectivity index (χ2v) is 5.96. The molecule has 7 heteroatoms. The molecule has 0 atom stereocenters. The first-order valence-corrected chi connectivity index (χ1v) is 8.25. The molecule has 0 radical (unpaired) electrons. The Kier molecular flexibility index (Phi) is 4.85. The average Bonchev–Trinajstić information content (AvgIpc) is 2.80. The van der Waals surface area contributed by atoms with Gasteiger partial charge in [-0.25, -0.2) is 9.97 Å². The van der Waals surface area contributed by atoms with Gasteiger partial charge in [0, 0.05) is 44.9 Å². The lowest BCUT2D eigenvalue weighted by Crippen LogP contribution is -2.31. The van der Waals surface area contributed by atoms with Crippen molar-refractivity contribution in [1.29, 1.82) is 0 Å². The maximum absolute atomic E-state index is 5.05. The molecule has 23 heavy (non-hydrogen) atoms. The van der Waals surface area contributed by atoms with Crippen LogP contribution in [-0.2, 0) is 13.0 Å². The van der Waals surface area contributed by atoms with Gasteiger partial charge in [-0.05, 0) is 19.8 Å². The number of rotatable bonds is 4. The fraction of sp³-hybridized carbons (Fsp3) is 0.625. The number of hydrogen-bond donors (Lipinski definition) is 0. The Hall–Kier alpha value is -2.02. The lowest BCUT2D eigenvalue weighted by Gasteiger charge is -2.22. The lowest BCUT2D eigenvalue weighted by molar-refractivity contribution is 0.272. The van der Waals surface area contributed by atoms with E-state index in [0.29, 0.717) is 5.89 Å². The monoisotopic (exact) mass is 316 g/mol. The second-order valence-electron chi connectivity index (χ2n) is 5.96. The van der Waals surface area contributed by atoms with Gasteiger partial charge in [0.1, 0.15) is 11.6 Å². The number of hydrogen-bond acceptors (Lipinski definition) is 7. The molecule has 2 aromatic heterocycles. The molecule has 3 rings (SSSR count). The largest absolute Gasteiger partial charge is 0.355 e. The highest BCUT2D eigenvalue weighted by molar-refractivity contribution is 5.40. The Bertz CT molecular complexity index is 656. The van der Waals surface area contributed by atoms with E-state index in [9.17, 15) is 0 Å². The van der Waals surface area contributed by atoms with Crippen molar-refractivity contribution in [2.24, 2.45) is 0 Å². The zero-order valence-corrected chi connectivity index (χ0v) is 14.1. The maximum Gasteiger partial charge on any atom is 0.223 e. The van der Waals surface area contributed by atoms with Crippen LogP contribution in [0.5, 0.6) is 0 Å². The van der Waals surface area contributed by atoms with Crippen molar-refractivity contribution in [2.75, 3.05) is 31.1 Å². The van der Waals surface area contributed by atoms with Crippen LogP contribution in [0, 0.1) is 13.8 Å². The van der Waals surface area contributed by atoms with E-state index >= 15 is 0 Å². The van der Waals surface area contributed by atoms with Gasteiger partial charge < -0.3 is 9.42 Å². The lowest BCUT2D eigenvalue weighted by atomic mass is 10.3. The fourth-order valence-electron chi connectivity index (χ4n) is 2.92. The van der Waals surface area contributed by atoms with E-state index in [1.165, 1.54) is 0 Å². The first kappa shape index (κ1) is 15.9. The van der Waals surface area contributed by atoms with Crippen LogP contribution in [0.1, 0.15) is 36.6 Å². The molecule has 0 unspecified atom stereocenters. The van der Waals surface area contributed by atoms with E-state index in [1.807, 2.05) is 13.8 Å². The minimum atomic E-state index is 0.625. The summed E-state index contributed by atoms with van der Waals surface area (Å²) in [5.74, 6) is 3.29. The minimum Gasteiger partial charge on any atom is -0.355 e. The molecule has 2 aromatic rings. The summed E-state index contributed by atoms with van der Waals surface area (Å²) in [5.41, 5.74) is 1.11. The van der Waals surface area contributed by atoms with Crippen LogP contribution >= 0.6 is 0 Å². The number of anilines is 1. The zero-order chi connectivity index (χ0) is 16.2. The summed E-state index contributed by atoms with van der Waals surface area (Å²) >= 11 is 0. The van der Waals surface area contributed by atoms with E-state index in [2.05, 4.69) is 42.9 Å². The van der Waals surface area contributed by atoms with Gasteiger partial charge >= 0.3 is 0 Å². The molecule has 1 saturated heterocycles. The molecule has 0 bridgehead atoms. The predicted molar refractivity (Wildman–Crippen MR) is 87.3 cm³/mol. The molecular weight excluding hydrogens is 292 g/mol. The summed E-state index contributed by atoms with van der Waals surface area (Å²) in [6.07, 6.45) is 2.04. The molecule has 0 spiro atoms. The van der Waals surface area contributed by atoms with Crippen LogP contribution < -0.4 is 4.90 Å². The fourth-order valence-corrected chi connectivity index (χ4v) is 2.92. The first-order valence-electron chi connectivity index (χ1n) is 8.25. The van der Waals surface area contributed by atoms with Crippen LogP contribution in [0.15, 0.2) is 10.6 Å². The molecular formula is C16H24N6O. The molecule has 0 saturated carbocycles. The molecule has 1 fully saturated rings. The summed E-state index contributed by atoms with van der Waals surface area (Å²) in [6, 6.07) is 2.12. The van der Waals surface area contributed by atoms with E-state index in [-0.39, 0.29) is 0 Å². The van der Waals surface area contributed by atoms with Crippen molar-refractivity contribution in [3.8, 4) is 0 Å². The molecule has 1 aliphatic heterocycles. The van der Waals surface area contributed by atoms with Gasteiger partial charge in [-0.15, -0.1) is 0 Å². The smallest absolute Gasteiger partial charge is 0.223 e. The van der Waals surface area contributed by atoms with Crippen molar-refractivity contribution >= 4 is 5.82 Å². The summed E-state index contributed by atoms with van der Waals surface area (Å²) < 4.78 is 5.05. The highest BCUT2D eigenvalue weighted by atomic mass is 16.5. The van der Waals surface area contributed by atoms with E-state index < -0.39 is 0 Å². The first-order chi connectivity index (χ1) is 11.1. The van der Waals surface area contributed by atoms with Crippen LogP contribution in [-0.4, -0.2) is 51.2 Å². The number of nitrogens with zero attached hydrogens (tertiary/aromatic N) is 6. The Balaban J connectivity index is 1.65. The van der Waals surface area contributed by atoms with Crippen molar-refractivity contribution in [1.82, 2.24) is 25.0 Å². The zero-order valence-electron chi connectivity index (χ0n) is 14.1. The molecule has 124 valence electrons. The molecule has 0 N–H and O–H groups in total. The molecule has 0 amide bonds. The number of aromatic nitrogens is 4. The second kappa shape index (κ2) is 7.04. The Morgan fingerprint density at radius 3 is 2.70 bits per heavy atom. The van der Waals surface area contributed by atoms with Crippen LogP contribution in [0.3, 0.4) is 0 Å². The molecule has 7 nitrogen and oxygen atoms in total. The van der Waals surface area contributed by atoms with Gasteiger partial charge in [0.2, 0.25) is 5.89 Å². The molecule has 0 aliphatic carbocycles. The quantitative estimate of drug-likeness (QED) is 0.851. The third-order valence-electron chi connectivity index (χ3n) is 4.09. The summed E-state index contributed by atoms with van der Waals surface area (Å²) in [6.45, 7) is 10.6. The SMILES string of the molecule is CCc1cc(N2CCCN(Cc3noc(C)n3)CC2)nc(C)n1. The average molecular weight is 316 g/mol. The van der Waals surface area contributed by atoms with Gasteiger partial charge in [-0.3, -0.25) is 4.90 Å². The van der Waals surface area contributed by atoms with Crippen molar-refractivity contribution in [2.45, 2.75) is 40.2 Å². The normalized spacial score (nSPS) is 16.6. The molecule has 0 aromatic carbocycles. The topological polar surface area (TPSA) is 71.2 Å². The van der Waals surface area contributed by atoms with E-state index in [1.54, 1.807) is 0 Å². The summed E-state index contributed by atoms with van der Waals surface area (Å²) in [4.78, 5) is 18.1.